The molecule has 21 heavy (non-hydrogen) atoms. The zero-order valence-electron chi connectivity index (χ0n) is 12.1. The van der Waals surface area contributed by atoms with Gasteiger partial charge in [-0.1, -0.05) is 0 Å². The first kappa shape index (κ1) is 17.2. The molecule has 0 bridgehead atoms. The molecule has 1 saturated heterocycles. The molecule has 0 unspecified atom stereocenters. The number of hydrogen-bond acceptors (Lipinski definition) is 5. The van der Waals surface area contributed by atoms with Gasteiger partial charge in [0.1, 0.15) is 6.04 Å². The van der Waals surface area contributed by atoms with Crippen LogP contribution in [-0.2, 0) is 14.3 Å². The smallest absolute Gasteiger partial charge is 0.326 e. The summed E-state index contributed by atoms with van der Waals surface area (Å²) in [4.78, 5) is 35.7. The van der Waals surface area contributed by atoms with Crippen molar-refractivity contribution in [1.29, 1.82) is 0 Å². The summed E-state index contributed by atoms with van der Waals surface area (Å²) in [5.41, 5.74) is 0. The molecule has 2 amide bonds. The van der Waals surface area contributed by atoms with Crippen LogP contribution in [0.15, 0.2) is 0 Å². The van der Waals surface area contributed by atoms with Gasteiger partial charge in [0.05, 0.1) is 7.11 Å². The van der Waals surface area contributed by atoms with Gasteiger partial charge in [-0.2, -0.15) is 0 Å². The highest BCUT2D eigenvalue weighted by Crippen LogP contribution is 2.16. The van der Waals surface area contributed by atoms with Gasteiger partial charge in [-0.05, 0) is 25.2 Å². The number of aliphatic carboxylic acids is 1. The molecule has 0 saturated carbocycles. The number of methoxy groups -OCH3 is 1. The second-order valence-electron chi connectivity index (χ2n) is 5.07. The van der Waals surface area contributed by atoms with E-state index in [-0.39, 0.29) is 25.4 Å². The predicted octanol–water partition coefficient (Wildman–Crippen LogP) is -0.193. The lowest BCUT2D eigenvalue weighted by atomic mass is 9.98. The van der Waals surface area contributed by atoms with Crippen LogP contribution in [0.5, 0.6) is 0 Å². The Morgan fingerprint density at radius 2 is 1.95 bits per heavy atom. The predicted molar refractivity (Wildman–Crippen MR) is 72.6 cm³/mol. The second-order valence-corrected chi connectivity index (χ2v) is 5.07. The van der Waals surface area contributed by atoms with E-state index in [0.29, 0.717) is 25.9 Å². The van der Waals surface area contributed by atoms with Crippen LogP contribution in [0.25, 0.3) is 0 Å². The lowest BCUT2D eigenvalue weighted by Crippen LogP contribution is -2.50. The van der Waals surface area contributed by atoms with E-state index >= 15 is 0 Å². The number of likely N-dealkylation sites (tertiary alicyclic amines) is 1. The maximum absolute atomic E-state index is 12.0. The molecule has 120 valence electrons. The first-order valence-electron chi connectivity index (χ1n) is 6.93. The first-order chi connectivity index (χ1) is 9.97. The van der Waals surface area contributed by atoms with Gasteiger partial charge in [0.15, 0.2) is 0 Å². The molecular formula is C13H22N2O6. The van der Waals surface area contributed by atoms with E-state index in [1.165, 1.54) is 12.0 Å². The normalized spacial score (nSPS) is 17.1. The molecule has 1 heterocycles. The average molecular weight is 302 g/mol. The molecule has 1 aliphatic rings. The van der Waals surface area contributed by atoms with Gasteiger partial charge in [-0.25, -0.2) is 9.59 Å². The van der Waals surface area contributed by atoms with Crippen LogP contribution in [0.4, 0.5) is 4.79 Å². The third-order valence-corrected chi connectivity index (χ3v) is 3.62. The minimum Gasteiger partial charge on any atom is -0.480 e. The van der Waals surface area contributed by atoms with Crippen molar-refractivity contribution in [3.63, 3.8) is 0 Å². The second kappa shape index (κ2) is 8.46. The van der Waals surface area contributed by atoms with Crippen LogP contribution in [0.1, 0.15) is 25.7 Å². The van der Waals surface area contributed by atoms with Crippen LogP contribution >= 0.6 is 0 Å². The molecule has 0 aromatic carbocycles. The zero-order chi connectivity index (χ0) is 15.8. The number of esters is 1. The minimum atomic E-state index is -1.18. The molecule has 1 fully saturated rings. The topological polar surface area (TPSA) is 116 Å². The molecule has 0 aromatic rings. The first-order valence-corrected chi connectivity index (χ1v) is 6.93. The summed E-state index contributed by atoms with van der Waals surface area (Å²) in [6.45, 7) is 1.08. The van der Waals surface area contributed by atoms with Crippen molar-refractivity contribution in [3.8, 4) is 0 Å². The fourth-order valence-corrected chi connectivity index (χ4v) is 2.18. The summed E-state index contributed by atoms with van der Waals surface area (Å²) in [6.07, 6.45) is 1.31. The number of piperidine rings is 1. The van der Waals surface area contributed by atoms with Crippen LogP contribution in [-0.4, -0.2) is 65.9 Å². The number of carboxylic acids is 1. The summed E-state index contributed by atoms with van der Waals surface area (Å²) < 4.78 is 4.45. The molecule has 0 radical (unpaired) electrons. The summed E-state index contributed by atoms with van der Waals surface area (Å²) in [7, 11) is 1.22. The highest BCUT2D eigenvalue weighted by Gasteiger charge is 2.26. The summed E-state index contributed by atoms with van der Waals surface area (Å²) in [5.74, 6) is -1.50. The van der Waals surface area contributed by atoms with Crippen molar-refractivity contribution in [2.75, 3.05) is 26.8 Å². The number of carbonyl (C=O) groups excluding carboxylic acids is 2. The molecule has 0 spiro atoms. The molecular weight excluding hydrogens is 280 g/mol. The Kier molecular flexibility index (Phi) is 6.93. The quantitative estimate of drug-likeness (QED) is 0.585. The highest BCUT2D eigenvalue weighted by molar-refractivity contribution is 5.83. The number of hydrogen-bond donors (Lipinski definition) is 3. The number of ether oxygens (including phenoxy) is 1. The van der Waals surface area contributed by atoms with E-state index in [1.54, 1.807) is 0 Å². The van der Waals surface area contributed by atoms with E-state index in [0.717, 1.165) is 0 Å². The Morgan fingerprint density at radius 3 is 2.43 bits per heavy atom. The molecule has 0 aromatic heterocycles. The fourth-order valence-electron chi connectivity index (χ4n) is 2.18. The van der Waals surface area contributed by atoms with Crippen molar-refractivity contribution < 1.29 is 29.3 Å². The Hall–Kier alpha value is -1.83. The molecule has 0 aliphatic carbocycles. The SMILES string of the molecule is COC(=O)CC[C@H](NC(=O)N1CCC(CO)CC1)C(=O)O. The maximum atomic E-state index is 12.0. The van der Waals surface area contributed by atoms with E-state index in [2.05, 4.69) is 10.1 Å². The summed E-state index contributed by atoms with van der Waals surface area (Å²) >= 11 is 0. The van der Waals surface area contributed by atoms with Crippen molar-refractivity contribution in [3.05, 3.63) is 0 Å². The Balaban J connectivity index is 2.45. The zero-order valence-corrected chi connectivity index (χ0v) is 12.1. The van der Waals surface area contributed by atoms with Crippen LogP contribution < -0.4 is 5.32 Å². The van der Waals surface area contributed by atoms with E-state index in [4.69, 9.17) is 10.2 Å². The summed E-state index contributed by atoms with van der Waals surface area (Å²) in [6, 6.07) is -1.57. The van der Waals surface area contributed by atoms with Crippen molar-refractivity contribution >= 4 is 18.0 Å². The molecule has 1 rings (SSSR count). The Morgan fingerprint density at radius 1 is 1.33 bits per heavy atom. The number of nitrogens with zero attached hydrogens (tertiary/aromatic N) is 1. The molecule has 8 nitrogen and oxygen atoms in total. The standard InChI is InChI=1S/C13H22N2O6/c1-21-11(17)3-2-10(12(18)19)14-13(20)15-6-4-9(8-16)5-7-15/h9-10,16H,2-8H2,1H3,(H,14,20)(H,18,19)/t10-/m0/s1. The number of aliphatic hydroxyl groups is 1. The number of nitrogens with one attached hydrogen (secondary N) is 1. The van der Waals surface area contributed by atoms with E-state index in [1.807, 2.05) is 0 Å². The number of carbonyl (C=O) groups is 3. The largest absolute Gasteiger partial charge is 0.480 e. The molecule has 3 N–H and O–H groups in total. The van der Waals surface area contributed by atoms with Crippen molar-refractivity contribution in [1.82, 2.24) is 10.2 Å². The molecule has 8 heteroatoms. The maximum Gasteiger partial charge on any atom is 0.326 e. The number of rotatable bonds is 6. The van der Waals surface area contributed by atoms with Gasteiger partial charge < -0.3 is 25.2 Å². The van der Waals surface area contributed by atoms with Crippen molar-refractivity contribution in [2.45, 2.75) is 31.7 Å². The van der Waals surface area contributed by atoms with Crippen LogP contribution in [0.3, 0.4) is 0 Å². The van der Waals surface area contributed by atoms with E-state index in [9.17, 15) is 14.4 Å². The van der Waals surface area contributed by atoms with Gasteiger partial charge in [-0.3, -0.25) is 4.79 Å². The van der Waals surface area contributed by atoms with Crippen LogP contribution in [0.2, 0.25) is 0 Å². The molecule has 1 aliphatic heterocycles. The fraction of sp³-hybridized carbons (Fsp3) is 0.769. The van der Waals surface area contributed by atoms with Gasteiger partial charge in [0, 0.05) is 26.1 Å². The van der Waals surface area contributed by atoms with E-state index < -0.39 is 24.0 Å². The number of amides is 2. The van der Waals surface area contributed by atoms with Crippen LogP contribution in [0, 0.1) is 5.92 Å². The summed E-state index contributed by atoms with van der Waals surface area (Å²) in [5, 5.41) is 20.5. The van der Waals surface area contributed by atoms with Gasteiger partial charge in [-0.15, -0.1) is 0 Å². The third-order valence-electron chi connectivity index (χ3n) is 3.62. The highest BCUT2D eigenvalue weighted by atomic mass is 16.5. The minimum absolute atomic E-state index is 0.0130. The van der Waals surface area contributed by atoms with Gasteiger partial charge >= 0.3 is 18.0 Å². The molecule has 1 atom stereocenters. The van der Waals surface area contributed by atoms with Gasteiger partial charge in [0.25, 0.3) is 0 Å². The Labute approximate surface area is 123 Å². The number of urea groups is 1. The monoisotopic (exact) mass is 302 g/mol. The van der Waals surface area contributed by atoms with Crippen molar-refractivity contribution in [2.24, 2.45) is 5.92 Å². The lowest BCUT2D eigenvalue weighted by molar-refractivity contribution is -0.142. The number of aliphatic hydroxyl groups excluding tert-OH is 1. The lowest BCUT2D eigenvalue weighted by Gasteiger charge is -2.32. The van der Waals surface area contributed by atoms with Gasteiger partial charge in [0.2, 0.25) is 0 Å². The Bertz CT molecular complexity index is 379. The average Bonchev–Trinajstić information content (AvgIpc) is 2.50. The number of carboxylic acid groups (broad SMARTS) is 1. The third kappa shape index (κ3) is 5.58.